The van der Waals surface area contributed by atoms with E-state index in [1.54, 1.807) is 6.08 Å². The van der Waals surface area contributed by atoms with Crippen molar-refractivity contribution < 1.29 is 4.79 Å². The van der Waals surface area contributed by atoms with Gasteiger partial charge in [0, 0.05) is 24.8 Å². The van der Waals surface area contributed by atoms with Gasteiger partial charge < -0.3 is 0 Å². The highest BCUT2D eigenvalue weighted by Crippen LogP contribution is 1.94. The average molecular weight is 151 g/mol. The Morgan fingerprint density at radius 2 is 2.18 bits per heavy atom. The molecule has 0 amide bonds. The van der Waals surface area contributed by atoms with Crippen LogP contribution >= 0.6 is 0 Å². The second-order valence-corrected chi connectivity index (χ2v) is 2.08. The first-order valence-electron chi connectivity index (χ1n) is 3.56. The van der Waals surface area contributed by atoms with Gasteiger partial charge in [0.05, 0.1) is 0 Å². The molecule has 0 aliphatic heterocycles. The number of carbonyl (C=O) groups excluding carboxylic acids is 1. The lowest BCUT2D eigenvalue weighted by Gasteiger charge is -1.95. The SMILES string of the molecule is C=CN=C(C=C)CC(=O)CC. The van der Waals surface area contributed by atoms with Crippen molar-refractivity contribution in [3.63, 3.8) is 0 Å². The standard InChI is InChI=1S/C9H13NO/c1-4-8(10-6-3)7-9(11)5-2/h4,6H,1,3,5,7H2,2H3. The molecular weight excluding hydrogens is 138 g/mol. The lowest BCUT2D eigenvalue weighted by Crippen LogP contribution is -2.03. The number of nitrogens with zero attached hydrogens (tertiary/aromatic N) is 1. The number of ketones is 1. The van der Waals surface area contributed by atoms with Crippen molar-refractivity contribution in [2.24, 2.45) is 4.99 Å². The van der Waals surface area contributed by atoms with Crippen LogP contribution in [0, 0.1) is 0 Å². The first kappa shape index (κ1) is 9.82. The lowest BCUT2D eigenvalue weighted by atomic mass is 10.1. The van der Waals surface area contributed by atoms with Crippen LogP contribution in [0.15, 0.2) is 30.4 Å². The Labute approximate surface area is 67.3 Å². The third-order valence-corrected chi connectivity index (χ3v) is 1.27. The number of carbonyl (C=O) groups is 1. The van der Waals surface area contributed by atoms with Gasteiger partial charge in [0.2, 0.25) is 0 Å². The Morgan fingerprint density at radius 3 is 2.55 bits per heavy atom. The zero-order valence-corrected chi connectivity index (χ0v) is 6.84. The van der Waals surface area contributed by atoms with Crippen molar-refractivity contribution in [3.8, 4) is 0 Å². The van der Waals surface area contributed by atoms with Crippen LogP contribution in [0.3, 0.4) is 0 Å². The topological polar surface area (TPSA) is 29.4 Å². The van der Waals surface area contributed by atoms with Crippen LogP contribution in [-0.4, -0.2) is 11.5 Å². The van der Waals surface area contributed by atoms with Crippen LogP contribution in [0.25, 0.3) is 0 Å². The van der Waals surface area contributed by atoms with Gasteiger partial charge in [-0.05, 0) is 6.08 Å². The van der Waals surface area contributed by atoms with Crippen molar-refractivity contribution >= 4 is 11.5 Å². The summed E-state index contributed by atoms with van der Waals surface area (Å²) in [5.41, 5.74) is 0.687. The normalized spacial score (nSPS) is 10.8. The Bertz CT molecular complexity index is 192. The van der Waals surface area contributed by atoms with Crippen LogP contribution in [0.1, 0.15) is 19.8 Å². The van der Waals surface area contributed by atoms with Crippen LogP contribution < -0.4 is 0 Å². The minimum Gasteiger partial charge on any atom is -0.299 e. The maximum absolute atomic E-state index is 10.9. The number of hydrogen-bond acceptors (Lipinski definition) is 2. The third-order valence-electron chi connectivity index (χ3n) is 1.27. The maximum Gasteiger partial charge on any atom is 0.138 e. The number of rotatable bonds is 5. The summed E-state index contributed by atoms with van der Waals surface area (Å²) in [4.78, 5) is 14.8. The Hall–Kier alpha value is -1.18. The molecule has 0 aliphatic carbocycles. The second kappa shape index (κ2) is 5.59. The third kappa shape index (κ3) is 4.25. The molecule has 0 fully saturated rings. The molecule has 0 aromatic carbocycles. The van der Waals surface area contributed by atoms with E-state index in [-0.39, 0.29) is 5.78 Å². The summed E-state index contributed by atoms with van der Waals surface area (Å²) in [5.74, 6) is 0.172. The van der Waals surface area contributed by atoms with Crippen molar-refractivity contribution in [1.29, 1.82) is 0 Å². The highest BCUT2D eigenvalue weighted by Gasteiger charge is 2.00. The van der Waals surface area contributed by atoms with Crippen LogP contribution in [0.5, 0.6) is 0 Å². The predicted octanol–water partition coefficient (Wildman–Crippen LogP) is 2.13. The Morgan fingerprint density at radius 1 is 1.55 bits per heavy atom. The van der Waals surface area contributed by atoms with E-state index < -0.39 is 0 Å². The van der Waals surface area contributed by atoms with E-state index in [0.717, 1.165) is 0 Å². The second-order valence-electron chi connectivity index (χ2n) is 2.08. The molecule has 2 heteroatoms. The zero-order chi connectivity index (χ0) is 8.69. The smallest absolute Gasteiger partial charge is 0.138 e. The molecule has 2 nitrogen and oxygen atoms in total. The van der Waals surface area contributed by atoms with E-state index in [4.69, 9.17) is 0 Å². The van der Waals surface area contributed by atoms with Gasteiger partial charge in [-0.25, -0.2) is 0 Å². The van der Waals surface area contributed by atoms with E-state index in [2.05, 4.69) is 18.2 Å². The number of hydrogen-bond donors (Lipinski definition) is 0. The summed E-state index contributed by atoms with van der Waals surface area (Å²) in [6.45, 7) is 8.80. The summed E-state index contributed by atoms with van der Waals surface area (Å²) >= 11 is 0. The van der Waals surface area contributed by atoms with Gasteiger partial charge in [-0.15, -0.1) is 0 Å². The highest BCUT2D eigenvalue weighted by atomic mass is 16.1. The largest absolute Gasteiger partial charge is 0.299 e. The van der Waals surface area contributed by atoms with E-state index in [9.17, 15) is 4.79 Å². The van der Waals surface area contributed by atoms with Gasteiger partial charge in [-0.1, -0.05) is 20.1 Å². The lowest BCUT2D eigenvalue weighted by molar-refractivity contribution is -0.117. The molecule has 0 aromatic heterocycles. The Balaban J connectivity index is 4.08. The quantitative estimate of drug-likeness (QED) is 0.553. The number of aliphatic imine (C=N–C) groups is 1. The molecule has 0 rings (SSSR count). The molecule has 11 heavy (non-hydrogen) atoms. The van der Waals surface area contributed by atoms with Crippen molar-refractivity contribution in [1.82, 2.24) is 0 Å². The van der Waals surface area contributed by atoms with E-state index in [1.165, 1.54) is 6.20 Å². The average Bonchev–Trinajstić information content (AvgIpc) is 2.03. The molecule has 0 atom stereocenters. The summed E-state index contributed by atoms with van der Waals surface area (Å²) < 4.78 is 0. The summed E-state index contributed by atoms with van der Waals surface area (Å²) in [7, 11) is 0. The summed E-state index contributed by atoms with van der Waals surface area (Å²) in [6.07, 6.45) is 3.91. The fourth-order valence-corrected chi connectivity index (χ4v) is 0.615. The Kier molecular flexibility index (Phi) is 4.99. The molecule has 0 aromatic rings. The first-order chi connectivity index (χ1) is 5.24. The van der Waals surface area contributed by atoms with Gasteiger partial charge in [0.25, 0.3) is 0 Å². The minimum atomic E-state index is 0.172. The van der Waals surface area contributed by atoms with Crippen LogP contribution in [0.4, 0.5) is 0 Å². The molecule has 0 spiro atoms. The maximum atomic E-state index is 10.9. The number of Topliss-reactive ketones (excluding diaryl/α,β-unsaturated/α-hetero) is 1. The predicted molar refractivity (Wildman–Crippen MR) is 47.7 cm³/mol. The van der Waals surface area contributed by atoms with E-state index in [0.29, 0.717) is 18.6 Å². The van der Waals surface area contributed by atoms with Crippen molar-refractivity contribution in [2.75, 3.05) is 0 Å². The van der Waals surface area contributed by atoms with Crippen LogP contribution in [0.2, 0.25) is 0 Å². The molecule has 0 radical (unpaired) electrons. The molecule has 0 unspecified atom stereocenters. The van der Waals surface area contributed by atoms with Gasteiger partial charge in [0.15, 0.2) is 0 Å². The summed E-state index contributed by atoms with van der Waals surface area (Å²) in [6, 6.07) is 0. The summed E-state index contributed by atoms with van der Waals surface area (Å²) in [5, 5.41) is 0. The monoisotopic (exact) mass is 151 g/mol. The minimum absolute atomic E-state index is 0.172. The van der Waals surface area contributed by atoms with E-state index in [1.807, 2.05) is 6.92 Å². The van der Waals surface area contributed by atoms with Gasteiger partial charge in [0.1, 0.15) is 5.78 Å². The number of allylic oxidation sites excluding steroid dienone is 1. The van der Waals surface area contributed by atoms with Gasteiger partial charge in [-0.3, -0.25) is 9.79 Å². The van der Waals surface area contributed by atoms with Crippen molar-refractivity contribution in [3.05, 3.63) is 25.4 Å². The van der Waals surface area contributed by atoms with Crippen LogP contribution in [-0.2, 0) is 4.79 Å². The molecule has 0 N–H and O–H groups in total. The molecule has 0 bridgehead atoms. The molecule has 0 aliphatic rings. The zero-order valence-electron chi connectivity index (χ0n) is 6.84. The molecule has 0 heterocycles. The molecular formula is C9H13NO. The molecule has 0 saturated carbocycles. The fourth-order valence-electron chi connectivity index (χ4n) is 0.615. The highest BCUT2D eigenvalue weighted by molar-refractivity contribution is 6.07. The van der Waals surface area contributed by atoms with Gasteiger partial charge >= 0.3 is 0 Å². The molecule has 0 saturated heterocycles. The van der Waals surface area contributed by atoms with Crippen molar-refractivity contribution in [2.45, 2.75) is 19.8 Å². The van der Waals surface area contributed by atoms with E-state index >= 15 is 0 Å². The van der Waals surface area contributed by atoms with Gasteiger partial charge in [-0.2, -0.15) is 0 Å². The fraction of sp³-hybridized carbons (Fsp3) is 0.333. The molecule has 60 valence electrons. The first-order valence-corrected chi connectivity index (χ1v) is 3.56.